The van der Waals surface area contributed by atoms with Gasteiger partial charge in [-0.3, -0.25) is 0 Å². The molecule has 1 aromatic heterocycles. The summed E-state index contributed by atoms with van der Waals surface area (Å²) in [6.45, 7) is 3.34. The Bertz CT molecular complexity index is 958. The van der Waals surface area contributed by atoms with Crippen molar-refractivity contribution in [2.45, 2.75) is 25.7 Å². The van der Waals surface area contributed by atoms with Crippen LogP contribution in [0, 0.1) is 6.92 Å². The lowest BCUT2D eigenvalue weighted by molar-refractivity contribution is 0.187. The number of aryl methyl sites for hydroxylation is 1. The molecule has 1 fully saturated rings. The van der Waals surface area contributed by atoms with Crippen molar-refractivity contribution in [3.05, 3.63) is 60.0 Å². The first kappa shape index (κ1) is 19.0. The number of piperidine rings is 1. The van der Waals surface area contributed by atoms with Crippen LogP contribution in [0.4, 0.5) is 10.5 Å². The van der Waals surface area contributed by atoms with Gasteiger partial charge in [-0.25, -0.2) is 4.79 Å². The average Bonchev–Trinajstić information content (AvgIpc) is 3.25. The second-order valence-electron chi connectivity index (χ2n) is 7.24. The van der Waals surface area contributed by atoms with Crippen molar-refractivity contribution in [1.29, 1.82) is 0 Å². The van der Waals surface area contributed by atoms with E-state index in [9.17, 15) is 4.79 Å². The largest absolute Gasteiger partial charge is 0.497 e. The molecular weight excluding hydrogens is 368 g/mol. The van der Waals surface area contributed by atoms with Gasteiger partial charge < -0.3 is 19.5 Å². The first-order valence-corrected chi connectivity index (χ1v) is 9.73. The number of nitrogens with zero attached hydrogens (tertiary/aromatic N) is 3. The Hall–Kier alpha value is -3.35. The van der Waals surface area contributed by atoms with E-state index in [0.29, 0.717) is 24.8 Å². The molecule has 0 saturated carbocycles. The number of benzene rings is 2. The molecule has 0 bridgehead atoms. The van der Waals surface area contributed by atoms with Crippen molar-refractivity contribution in [3.8, 4) is 17.1 Å². The van der Waals surface area contributed by atoms with Crippen molar-refractivity contribution in [2.24, 2.45) is 0 Å². The van der Waals surface area contributed by atoms with Crippen LogP contribution in [-0.4, -0.2) is 41.3 Å². The molecular formula is C22H24N4O3. The highest BCUT2D eigenvalue weighted by Gasteiger charge is 2.27. The van der Waals surface area contributed by atoms with E-state index in [1.54, 1.807) is 7.11 Å². The SMILES string of the molecule is COc1ccc(NC(=O)N2CCC(c3nc(-c4ccc(C)cc4)no3)CC2)cc1. The molecule has 0 atom stereocenters. The Labute approximate surface area is 169 Å². The molecule has 29 heavy (non-hydrogen) atoms. The minimum atomic E-state index is -0.0977. The summed E-state index contributed by atoms with van der Waals surface area (Å²) < 4.78 is 10.6. The third-order valence-electron chi connectivity index (χ3n) is 5.22. The van der Waals surface area contributed by atoms with Gasteiger partial charge in [0.15, 0.2) is 0 Å². The average molecular weight is 392 g/mol. The number of hydrogen-bond acceptors (Lipinski definition) is 5. The van der Waals surface area contributed by atoms with E-state index in [1.165, 1.54) is 5.56 Å². The molecule has 4 rings (SSSR count). The van der Waals surface area contributed by atoms with Crippen LogP contribution in [0.15, 0.2) is 53.1 Å². The molecule has 0 unspecified atom stereocenters. The van der Waals surface area contributed by atoms with Gasteiger partial charge in [-0.1, -0.05) is 35.0 Å². The molecule has 7 heteroatoms. The van der Waals surface area contributed by atoms with Gasteiger partial charge in [0.2, 0.25) is 11.7 Å². The van der Waals surface area contributed by atoms with E-state index in [-0.39, 0.29) is 11.9 Å². The fourth-order valence-electron chi connectivity index (χ4n) is 3.43. The van der Waals surface area contributed by atoms with Gasteiger partial charge in [0.05, 0.1) is 7.11 Å². The minimum absolute atomic E-state index is 0.0977. The first-order chi connectivity index (χ1) is 14.1. The monoisotopic (exact) mass is 392 g/mol. The summed E-state index contributed by atoms with van der Waals surface area (Å²) in [6, 6.07) is 15.3. The maximum absolute atomic E-state index is 12.5. The molecule has 1 saturated heterocycles. The summed E-state index contributed by atoms with van der Waals surface area (Å²) in [5.74, 6) is 2.19. The molecule has 1 aliphatic heterocycles. The summed E-state index contributed by atoms with van der Waals surface area (Å²) in [5, 5.41) is 7.05. The maximum Gasteiger partial charge on any atom is 0.321 e. The number of likely N-dealkylation sites (tertiary alicyclic amines) is 1. The number of rotatable bonds is 4. The summed E-state index contributed by atoms with van der Waals surface area (Å²) in [6.07, 6.45) is 1.59. The molecule has 7 nitrogen and oxygen atoms in total. The van der Waals surface area contributed by atoms with Crippen LogP contribution in [0.25, 0.3) is 11.4 Å². The Balaban J connectivity index is 1.33. The van der Waals surface area contributed by atoms with Crippen LogP contribution >= 0.6 is 0 Å². The van der Waals surface area contributed by atoms with E-state index < -0.39 is 0 Å². The molecule has 0 spiro atoms. The van der Waals surface area contributed by atoms with Gasteiger partial charge in [0, 0.05) is 30.3 Å². The van der Waals surface area contributed by atoms with E-state index in [0.717, 1.165) is 29.8 Å². The molecule has 150 valence electrons. The van der Waals surface area contributed by atoms with Gasteiger partial charge >= 0.3 is 6.03 Å². The molecule has 1 aliphatic rings. The zero-order chi connectivity index (χ0) is 20.2. The molecule has 2 heterocycles. The topological polar surface area (TPSA) is 80.5 Å². The number of carbonyl (C=O) groups is 1. The van der Waals surface area contributed by atoms with Crippen LogP contribution in [0.2, 0.25) is 0 Å². The predicted molar refractivity (Wildman–Crippen MR) is 110 cm³/mol. The van der Waals surface area contributed by atoms with Crippen LogP contribution < -0.4 is 10.1 Å². The Kier molecular flexibility index (Phi) is 5.46. The van der Waals surface area contributed by atoms with Crippen molar-refractivity contribution in [3.63, 3.8) is 0 Å². The van der Waals surface area contributed by atoms with Crippen molar-refractivity contribution >= 4 is 11.7 Å². The lowest BCUT2D eigenvalue weighted by Gasteiger charge is -2.30. The normalized spacial score (nSPS) is 14.6. The van der Waals surface area contributed by atoms with Crippen LogP contribution in [-0.2, 0) is 0 Å². The molecule has 3 aromatic rings. The molecule has 1 N–H and O–H groups in total. The van der Waals surface area contributed by atoms with Gasteiger partial charge in [-0.15, -0.1) is 0 Å². The third kappa shape index (κ3) is 4.39. The lowest BCUT2D eigenvalue weighted by Crippen LogP contribution is -2.40. The van der Waals surface area contributed by atoms with Crippen LogP contribution in [0.1, 0.15) is 30.2 Å². The highest BCUT2D eigenvalue weighted by Crippen LogP contribution is 2.29. The second-order valence-corrected chi connectivity index (χ2v) is 7.24. The zero-order valence-corrected chi connectivity index (χ0v) is 16.6. The second kappa shape index (κ2) is 8.34. The van der Waals surface area contributed by atoms with E-state index in [4.69, 9.17) is 9.26 Å². The number of urea groups is 1. The summed E-state index contributed by atoms with van der Waals surface area (Å²) in [7, 11) is 1.62. The van der Waals surface area contributed by atoms with Gasteiger partial charge in [-0.05, 0) is 44.0 Å². The fourth-order valence-corrected chi connectivity index (χ4v) is 3.43. The Morgan fingerprint density at radius 1 is 1.10 bits per heavy atom. The maximum atomic E-state index is 12.5. The smallest absolute Gasteiger partial charge is 0.321 e. The highest BCUT2D eigenvalue weighted by atomic mass is 16.5. The quantitative estimate of drug-likeness (QED) is 0.709. The number of amides is 2. The highest BCUT2D eigenvalue weighted by molar-refractivity contribution is 5.89. The fraction of sp³-hybridized carbons (Fsp3) is 0.318. The zero-order valence-electron chi connectivity index (χ0n) is 16.6. The number of ether oxygens (including phenoxy) is 1. The molecule has 0 aliphatic carbocycles. The molecule has 0 radical (unpaired) electrons. The Morgan fingerprint density at radius 2 is 1.79 bits per heavy atom. The summed E-state index contributed by atoms with van der Waals surface area (Å²) in [4.78, 5) is 18.9. The minimum Gasteiger partial charge on any atom is -0.497 e. The lowest BCUT2D eigenvalue weighted by atomic mass is 9.97. The van der Waals surface area contributed by atoms with E-state index in [1.807, 2.05) is 60.4 Å². The predicted octanol–water partition coefficient (Wildman–Crippen LogP) is 4.47. The van der Waals surface area contributed by atoms with E-state index >= 15 is 0 Å². The Morgan fingerprint density at radius 3 is 2.45 bits per heavy atom. The number of carbonyl (C=O) groups excluding carboxylic acids is 1. The number of aromatic nitrogens is 2. The van der Waals surface area contributed by atoms with Crippen LogP contribution in [0.5, 0.6) is 5.75 Å². The van der Waals surface area contributed by atoms with Gasteiger partial charge in [-0.2, -0.15) is 4.98 Å². The van der Waals surface area contributed by atoms with Gasteiger partial charge in [0.1, 0.15) is 5.75 Å². The van der Waals surface area contributed by atoms with E-state index in [2.05, 4.69) is 15.5 Å². The number of methoxy groups -OCH3 is 1. The van der Waals surface area contributed by atoms with Crippen LogP contribution in [0.3, 0.4) is 0 Å². The number of nitrogens with one attached hydrogen (secondary N) is 1. The van der Waals surface area contributed by atoms with Crippen molar-refractivity contribution in [2.75, 3.05) is 25.5 Å². The van der Waals surface area contributed by atoms with Crippen molar-refractivity contribution in [1.82, 2.24) is 15.0 Å². The first-order valence-electron chi connectivity index (χ1n) is 9.73. The summed E-state index contributed by atoms with van der Waals surface area (Å²) >= 11 is 0. The number of hydrogen-bond donors (Lipinski definition) is 1. The number of anilines is 1. The van der Waals surface area contributed by atoms with Gasteiger partial charge in [0.25, 0.3) is 0 Å². The molecule has 2 amide bonds. The third-order valence-corrected chi connectivity index (χ3v) is 5.22. The standard InChI is InChI=1S/C22H24N4O3/c1-15-3-5-16(6-4-15)20-24-21(29-25-20)17-11-13-26(14-12-17)22(27)23-18-7-9-19(28-2)10-8-18/h3-10,17H,11-14H2,1-2H3,(H,23,27). The summed E-state index contributed by atoms with van der Waals surface area (Å²) in [5.41, 5.74) is 2.89. The van der Waals surface area contributed by atoms with Crippen molar-refractivity contribution < 1.29 is 14.1 Å². The molecule has 2 aromatic carbocycles.